The van der Waals surface area contributed by atoms with Gasteiger partial charge in [0.05, 0.1) is 10.8 Å². The summed E-state index contributed by atoms with van der Waals surface area (Å²) in [6.07, 6.45) is -2.98. The fourth-order valence-corrected chi connectivity index (χ4v) is 4.63. The molecule has 2 aromatic rings. The molecular weight excluding hydrogens is 401 g/mol. The second kappa shape index (κ2) is 8.39. The highest BCUT2D eigenvalue weighted by Crippen LogP contribution is 2.37. The Morgan fingerprint density at radius 1 is 1.26 bits per heavy atom. The van der Waals surface area contributed by atoms with Crippen LogP contribution in [0.4, 0.5) is 13.2 Å². The van der Waals surface area contributed by atoms with Crippen molar-refractivity contribution in [3.8, 4) is 9.88 Å². The van der Waals surface area contributed by atoms with Crippen LogP contribution < -0.4 is 5.32 Å². The van der Waals surface area contributed by atoms with Gasteiger partial charge in [-0.05, 0) is 24.3 Å². The maximum Gasteiger partial charge on any atom is 0.393 e. The number of rotatable bonds is 5. The van der Waals surface area contributed by atoms with Crippen molar-refractivity contribution >= 4 is 34.6 Å². The SMILES string of the molecule is O=C(COC(=O)c1csc(-c2cccs2)n1)N[C@@H]1CCCC[C@H]1C(F)(F)F. The molecule has 0 aliphatic heterocycles. The van der Waals surface area contributed by atoms with Gasteiger partial charge in [0.2, 0.25) is 0 Å². The van der Waals surface area contributed by atoms with Gasteiger partial charge in [-0.15, -0.1) is 22.7 Å². The van der Waals surface area contributed by atoms with Gasteiger partial charge in [-0.3, -0.25) is 4.79 Å². The first-order valence-electron chi connectivity index (χ1n) is 8.37. The van der Waals surface area contributed by atoms with Crippen molar-refractivity contribution < 1.29 is 27.5 Å². The van der Waals surface area contributed by atoms with Crippen LogP contribution in [0.25, 0.3) is 9.88 Å². The van der Waals surface area contributed by atoms with Crippen molar-refractivity contribution in [3.05, 3.63) is 28.6 Å². The molecule has 146 valence electrons. The molecule has 0 spiro atoms. The first kappa shape index (κ1) is 19.8. The van der Waals surface area contributed by atoms with Gasteiger partial charge in [-0.25, -0.2) is 9.78 Å². The third-order valence-electron chi connectivity index (χ3n) is 4.31. The molecule has 1 aliphatic carbocycles. The fourth-order valence-electron chi connectivity index (χ4n) is 3.03. The molecule has 2 heterocycles. The Labute approximate surface area is 161 Å². The predicted octanol–water partition coefficient (Wildman–Crippen LogP) is 4.27. The van der Waals surface area contributed by atoms with Gasteiger partial charge < -0.3 is 10.1 Å². The average molecular weight is 418 g/mol. The first-order chi connectivity index (χ1) is 12.8. The number of thiazole rings is 1. The minimum absolute atomic E-state index is 0.00143. The van der Waals surface area contributed by atoms with Crippen molar-refractivity contribution in [2.24, 2.45) is 5.92 Å². The molecule has 1 fully saturated rings. The number of amides is 1. The molecule has 0 aromatic carbocycles. The van der Waals surface area contributed by atoms with Gasteiger partial charge in [0.15, 0.2) is 12.3 Å². The fraction of sp³-hybridized carbons (Fsp3) is 0.471. The van der Waals surface area contributed by atoms with Crippen LogP contribution in [0.3, 0.4) is 0 Å². The van der Waals surface area contributed by atoms with Crippen LogP contribution in [0.2, 0.25) is 0 Å². The third-order valence-corrected chi connectivity index (χ3v) is 6.19. The molecule has 1 aliphatic rings. The quantitative estimate of drug-likeness (QED) is 0.737. The number of aromatic nitrogens is 1. The standard InChI is InChI=1S/C17H17F3N2O3S2/c18-17(19,20)10-4-1-2-5-11(10)21-14(23)8-25-16(24)12-9-27-15(22-12)13-6-3-7-26-13/h3,6-7,9-11H,1-2,4-5,8H2,(H,21,23)/t10-,11-/m1/s1. The van der Waals surface area contributed by atoms with E-state index < -0.39 is 36.6 Å². The highest BCUT2D eigenvalue weighted by atomic mass is 32.1. The van der Waals surface area contributed by atoms with Crippen LogP contribution in [-0.4, -0.2) is 35.7 Å². The Hall–Kier alpha value is -1.94. The number of esters is 1. The van der Waals surface area contributed by atoms with E-state index in [2.05, 4.69) is 10.3 Å². The molecule has 0 unspecified atom stereocenters. The summed E-state index contributed by atoms with van der Waals surface area (Å²) >= 11 is 2.75. The van der Waals surface area contributed by atoms with Crippen LogP contribution in [-0.2, 0) is 9.53 Å². The molecule has 1 amide bonds. The number of halogens is 3. The molecule has 27 heavy (non-hydrogen) atoms. The molecule has 2 atom stereocenters. The third kappa shape index (κ3) is 5.07. The molecule has 1 saturated carbocycles. The number of carbonyl (C=O) groups is 2. The lowest BCUT2D eigenvalue weighted by Gasteiger charge is -2.33. The van der Waals surface area contributed by atoms with Crippen LogP contribution in [0.15, 0.2) is 22.9 Å². The normalized spacial score (nSPS) is 20.3. The Balaban J connectivity index is 1.52. The van der Waals surface area contributed by atoms with Gasteiger partial charge in [-0.2, -0.15) is 13.2 Å². The Bertz CT molecular complexity index is 790. The summed E-state index contributed by atoms with van der Waals surface area (Å²) in [4.78, 5) is 29.0. The molecule has 0 radical (unpaired) electrons. The summed E-state index contributed by atoms with van der Waals surface area (Å²) < 4.78 is 44.1. The number of nitrogens with one attached hydrogen (secondary N) is 1. The number of hydrogen-bond acceptors (Lipinski definition) is 6. The zero-order valence-electron chi connectivity index (χ0n) is 14.1. The van der Waals surface area contributed by atoms with Crippen molar-refractivity contribution in [2.75, 3.05) is 6.61 Å². The summed E-state index contributed by atoms with van der Waals surface area (Å²) in [6, 6.07) is 2.76. The van der Waals surface area contributed by atoms with Crippen LogP contribution >= 0.6 is 22.7 Å². The monoisotopic (exact) mass is 418 g/mol. The van der Waals surface area contributed by atoms with E-state index in [4.69, 9.17) is 4.74 Å². The van der Waals surface area contributed by atoms with E-state index in [-0.39, 0.29) is 18.5 Å². The summed E-state index contributed by atoms with van der Waals surface area (Å²) in [5.41, 5.74) is 0.0713. The lowest BCUT2D eigenvalue weighted by Crippen LogP contribution is -2.48. The number of ether oxygens (including phenoxy) is 1. The number of thiophene rings is 1. The second-order valence-corrected chi connectivity index (χ2v) is 8.00. The molecule has 0 saturated heterocycles. The molecule has 3 rings (SSSR count). The lowest BCUT2D eigenvalue weighted by molar-refractivity contribution is -0.189. The smallest absolute Gasteiger partial charge is 0.393 e. The van der Waals surface area contributed by atoms with Gasteiger partial charge in [-0.1, -0.05) is 18.9 Å². The highest BCUT2D eigenvalue weighted by Gasteiger charge is 2.45. The van der Waals surface area contributed by atoms with E-state index in [0.29, 0.717) is 17.8 Å². The number of hydrogen-bond donors (Lipinski definition) is 1. The van der Waals surface area contributed by atoms with Crippen LogP contribution in [0.5, 0.6) is 0 Å². The molecule has 1 N–H and O–H groups in total. The van der Waals surface area contributed by atoms with E-state index in [1.54, 1.807) is 0 Å². The highest BCUT2D eigenvalue weighted by molar-refractivity contribution is 7.20. The largest absolute Gasteiger partial charge is 0.451 e. The Kier molecular flexibility index (Phi) is 6.15. The maximum absolute atomic E-state index is 13.1. The van der Waals surface area contributed by atoms with Gasteiger partial charge in [0, 0.05) is 11.4 Å². The molecule has 0 bridgehead atoms. The van der Waals surface area contributed by atoms with Gasteiger partial charge >= 0.3 is 12.1 Å². The minimum atomic E-state index is -4.35. The van der Waals surface area contributed by atoms with E-state index >= 15 is 0 Å². The van der Waals surface area contributed by atoms with E-state index in [1.807, 2.05) is 17.5 Å². The van der Waals surface area contributed by atoms with E-state index in [0.717, 1.165) is 4.88 Å². The molecule has 10 heteroatoms. The van der Waals surface area contributed by atoms with E-state index in [1.165, 1.54) is 28.1 Å². The van der Waals surface area contributed by atoms with Gasteiger partial charge in [0.25, 0.3) is 5.91 Å². The lowest BCUT2D eigenvalue weighted by atomic mass is 9.84. The zero-order chi connectivity index (χ0) is 19.4. The van der Waals surface area contributed by atoms with Crippen molar-refractivity contribution in [3.63, 3.8) is 0 Å². The number of alkyl halides is 3. The molecule has 2 aromatic heterocycles. The summed E-state index contributed by atoms with van der Waals surface area (Å²) in [5.74, 6) is -3.07. The topological polar surface area (TPSA) is 68.3 Å². The van der Waals surface area contributed by atoms with Crippen molar-refractivity contribution in [2.45, 2.75) is 37.9 Å². The summed E-state index contributed by atoms with van der Waals surface area (Å²) in [7, 11) is 0. The summed E-state index contributed by atoms with van der Waals surface area (Å²) in [6.45, 7) is -0.633. The Morgan fingerprint density at radius 3 is 2.74 bits per heavy atom. The number of carbonyl (C=O) groups excluding carboxylic acids is 2. The zero-order valence-corrected chi connectivity index (χ0v) is 15.8. The number of nitrogens with zero attached hydrogens (tertiary/aromatic N) is 1. The Morgan fingerprint density at radius 2 is 2.04 bits per heavy atom. The van der Waals surface area contributed by atoms with Crippen molar-refractivity contribution in [1.29, 1.82) is 0 Å². The summed E-state index contributed by atoms with van der Waals surface area (Å²) in [5, 5.41) is 6.43. The van der Waals surface area contributed by atoms with Gasteiger partial charge in [0.1, 0.15) is 5.01 Å². The first-order valence-corrected chi connectivity index (χ1v) is 10.1. The van der Waals surface area contributed by atoms with Crippen molar-refractivity contribution in [1.82, 2.24) is 10.3 Å². The van der Waals surface area contributed by atoms with Crippen LogP contribution in [0.1, 0.15) is 36.2 Å². The molecular formula is C17H17F3N2O3S2. The average Bonchev–Trinajstić information content (AvgIpc) is 3.30. The predicted molar refractivity (Wildman–Crippen MR) is 95.7 cm³/mol. The minimum Gasteiger partial charge on any atom is -0.451 e. The second-order valence-electron chi connectivity index (χ2n) is 6.20. The van der Waals surface area contributed by atoms with E-state index in [9.17, 15) is 22.8 Å². The maximum atomic E-state index is 13.1. The van der Waals surface area contributed by atoms with Crippen LogP contribution in [0, 0.1) is 5.92 Å². The molecule has 5 nitrogen and oxygen atoms in total.